The third-order valence-electron chi connectivity index (χ3n) is 2.42. The molecule has 1 heterocycles. The summed E-state index contributed by atoms with van der Waals surface area (Å²) in [6.07, 6.45) is 0.824. The van der Waals surface area contributed by atoms with E-state index in [1.54, 1.807) is 18.2 Å². The van der Waals surface area contributed by atoms with Crippen molar-refractivity contribution in [3.05, 3.63) is 43.8 Å². The Bertz CT molecular complexity index is 698. The highest BCUT2D eigenvalue weighted by Crippen LogP contribution is 2.29. The van der Waals surface area contributed by atoms with Crippen molar-refractivity contribution in [1.82, 2.24) is 0 Å². The van der Waals surface area contributed by atoms with Gasteiger partial charge in [0.1, 0.15) is 4.21 Å². The summed E-state index contributed by atoms with van der Waals surface area (Å²) in [5, 5.41) is 0.385. The lowest BCUT2D eigenvalue weighted by Gasteiger charge is -2.08. The van der Waals surface area contributed by atoms with Crippen LogP contribution in [0.5, 0.6) is 0 Å². The van der Waals surface area contributed by atoms with Crippen LogP contribution in [0.25, 0.3) is 0 Å². The molecular formula is C12H11ClINO2S2. The Kier molecular flexibility index (Phi) is 4.75. The Morgan fingerprint density at radius 1 is 1.32 bits per heavy atom. The van der Waals surface area contributed by atoms with Gasteiger partial charge in [0.2, 0.25) is 0 Å². The van der Waals surface area contributed by atoms with Gasteiger partial charge in [-0.25, -0.2) is 8.42 Å². The zero-order chi connectivity index (χ0) is 14.0. The minimum Gasteiger partial charge on any atom is -0.277 e. The number of thiophene rings is 1. The van der Waals surface area contributed by atoms with Gasteiger partial charge in [-0.05, 0) is 59.3 Å². The fourth-order valence-electron chi connectivity index (χ4n) is 1.46. The average molecular weight is 428 g/mol. The monoisotopic (exact) mass is 427 g/mol. The molecule has 19 heavy (non-hydrogen) atoms. The lowest BCUT2D eigenvalue weighted by molar-refractivity contribution is 0.603. The summed E-state index contributed by atoms with van der Waals surface area (Å²) in [6.45, 7) is 1.99. The summed E-state index contributed by atoms with van der Waals surface area (Å²) in [4.78, 5) is 1.04. The van der Waals surface area contributed by atoms with E-state index in [1.165, 1.54) is 11.3 Å². The topological polar surface area (TPSA) is 46.2 Å². The van der Waals surface area contributed by atoms with Crippen molar-refractivity contribution in [3.63, 3.8) is 0 Å². The van der Waals surface area contributed by atoms with E-state index in [2.05, 4.69) is 27.3 Å². The predicted molar refractivity (Wildman–Crippen MR) is 88.7 cm³/mol. The van der Waals surface area contributed by atoms with Gasteiger partial charge in [0.15, 0.2) is 0 Å². The maximum atomic E-state index is 12.2. The molecule has 0 aliphatic heterocycles. The van der Waals surface area contributed by atoms with Crippen molar-refractivity contribution in [3.8, 4) is 0 Å². The molecule has 0 unspecified atom stereocenters. The Hall–Kier alpha value is -0.310. The van der Waals surface area contributed by atoms with E-state index in [1.807, 2.05) is 19.1 Å². The second-order valence-corrected chi connectivity index (χ2v) is 8.53. The van der Waals surface area contributed by atoms with Crippen LogP contribution in [0.2, 0.25) is 5.02 Å². The molecule has 0 bridgehead atoms. The minimum atomic E-state index is -3.56. The van der Waals surface area contributed by atoms with Crippen LogP contribution >= 0.6 is 45.5 Å². The molecule has 0 saturated heterocycles. The lowest BCUT2D eigenvalue weighted by Crippen LogP contribution is -2.11. The van der Waals surface area contributed by atoms with E-state index >= 15 is 0 Å². The first-order chi connectivity index (χ1) is 8.92. The second-order valence-electron chi connectivity index (χ2n) is 3.80. The van der Waals surface area contributed by atoms with E-state index < -0.39 is 10.0 Å². The van der Waals surface area contributed by atoms with E-state index in [0.29, 0.717) is 14.9 Å². The van der Waals surface area contributed by atoms with Gasteiger partial charge in [0.05, 0.1) is 10.7 Å². The fourth-order valence-corrected chi connectivity index (χ4v) is 4.54. The van der Waals surface area contributed by atoms with Crippen LogP contribution < -0.4 is 4.72 Å². The Balaban J connectivity index is 2.33. The summed E-state index contributed by atoms with van der Waals surface area (Å²) >= 11 is 9.38. The zero-order valence-corrected chi connectivity index (χ0v) is 14.5. The second kappa shape index (κ2) is 5.99. The maximum absolute atomic E-state index is 12.2. The van der Waals surface area contributed by atoms with Crippen molar-refractivity contribution in [2.24, 2.45) is 0 Å². The molecule has 7 heteroatoms. The molecule has 102 valence electrons. The molecule has 1 aromatic heterocycles. The third-order valence-corrected chi connectivity index (χ3v) is 6.51. The number of sulfonamides is 1. The van der Waals surface area contributed by atoms with Crippen LogP contribution in [0, 0.1) is 3.57 Å². The number of halogens is 2. The summed E-state index contributed by atoms with van der Waals surface area (Å²) < 4.78 is 28.2. The first-order valence-corrected chi connectivity index (χ1v) is 9.24. The van der Waals surface area contributed by atoms with E-state index in [0.717, 1.165) is 14.9 Å². The van der Waals surface area contributed by atoms with Crippen LogP contribution in [0.1, 0.15) is 11.8 Å². The highest BCUT2D eigenvalue weighted by atomic mass is 127. The van der Waals surface area contributed by atoms with Crippen molar-refractivity contribution < 1.29 is 8.42 Å². The largest absolute Gasteiger partial charge is 0.277 e. The molecule has 0 amide bonds. The van der Waals surface area contributed by atoms with Gasteiger partial charge >= 0.3 is 0 Å². The van der Waals surface area contributed by atoms with Gasteiger partial charge in [0, 0.05) is 8.45 Å². The lowest BCUT2D eigenvalue weighted by atomic mass is 10.3. The normalized spacial score (nSPS) is 11.5. The Labute approximate surface area is 135 Å². The quantitative estimate of drug-likeness (QED) is 0.737. The molecule has 1 aromatic carbocycles. The number of benzene rings is 1. The first-order valence-electron chi connectivity index (χ1n) is 5.49. The molecule has 0 fully saturated rings. The smallest absolute Gasteiger partial charge is 0.271 e. The number of hydrogen-bond acceptors (Lipinski definition) is 3. The number of aryl methyl sites for hydroxylation is 1. The summed E-state index contributed by atoms with van der Waals surface area (Å²) in [6, 6.07) is 8.64. The zero-order valence-electron chi connectivity index (χ0n) is 9.98. The summed E-state index contributed by atoms with van der Waals surface area (Å²) in [5.41, 5.74) is 0.403. The third kappa shape index (κ3) is 3.62. The molecule has 0 radical (unpaired) electrons. The van der Waals surface area contributed by atoms with Gasteiger partial charge in [-0.2, -0.15) is 0 Å². The molecule has 0 saturated carbocycles. The SMILES string of the molecule is CCc1ccc(S(=O)(=O)Nc2cc(I)ccc2Cl)s1. The molecule has 0 aliphatic carbocycles. The maximum Gasteiger partial charge on any atom is 0.271 e. The van der Waals surface area contributed by atoms with E-state index in [4.69, 9.17) is 11.6 Å². The van der Waals surface area contributed by atoms with E-state index in [-0.39, 0.29) is 0 Å². The highest BCUT2D eigenvalue weighted by molar-refractivity contribution is 14.1. The number of nitrogens with one attached hydrogen (secondary N) is 1. The van der Waals surface area contributed by atoms with Gasteiger partial charge in [-0.1, -0.05) is 18.5 Å². The van der Waals surface area contributed by atoms with Crippen LogP contribution in [-0.2, 0) is 16.4 Å². The number of anilines is 1. The standard InChI is InChI=1S/C12H11ClINO2S2/c1-2-9-4-6-12(18-9)19(16,17)15-11-7-8(14)3-5-10(11)13/h3-7,15H,2H2,1H3. The molecule has 0 aliphatic rings. The first kappa shape index (κ1) is 15.1. The van der Waals surface area contributed by atoms with Gasteiger partial charge in [-0.15, -0.1) is 11.3 Å². The van der Waals surface area contributed by atoms with Gasteiger partial charge in [-0.3, -0.25) is 4.72 Å². The van der Waals surface area contributed by atoms with Crippen LogP contribution in [0.15, 0.2) is 34.5 Å². The molecule has 0 spiro atoms. The summed E-state index contributed by atoms with van der Waals surface area (Å²) in [5.74, 6) is 0. The number of rotatable bonds is 4. The predicted octanol–water partition coefficient (Wildman–Crippen LogP) is 4.37. The Morgan fingerprint density at radius 3 is 2.68 bits per heavy atom. The molecule has 1 N–H and O–H groups in total. The van der Waals surface area contributed by atoms with Crippen molar-refractivity contribution in [1.29, 1.82) is 0 Å². The highest BCUT2D eigenvalue weighted by Gasteiger charge is 2.18. The van der Waals surface area contributed by atoms with Crippen LogP contribution in [0.4, 0.5) is 5.69 Å². The van der Waals surface area contributed by atoms with Gasteiger partial charge in [0.25, 0.3) is 10.0 Å². The summed E-state index contributed by atoms with van der Waals surface area (Å²) in [7, 11) is -3.56. The number of hydrogen-bond donors (Lipinski definition) is 1. The molecular weight excluding hydrogens is 417 g/mol. The molecule has 3 nitrogen and oxygen atoms in total. The van der Waals surface area contributed by atoms with Crippen LogP contribution in [-0.4, -0.2) is 8.42 Å². The van der Waals surface area contributed by atoms with E-state index in [9.17, 15) is 8.42 Å². The minimum absolute atomic E-state index is 0.305. The molecule has 2 aromatic rings. The average Bonchev–Trinajstić information content (AvgIpc) is 2.83. The molecule has 2 rings (SSSR count). The van der Waals surface area contributed by atoms with Gasteiger partial charge < -0.3 is 0 Å². The Morgan fingerprint density at radius 2 is 2.05 bits per heavy atom. The fraction of sp³-hybridized carbons (Fsp3) is 0.167. The van der Waals surface area contributed by atoms with Crippen molar-refractivity contribution in [2.45, 2.75) is 17.6 Å². The van der Waals surface area contributed by atoms with Crippen molar-refractivity contribution >= 4 is 61.2 Å². The van der Waals surface area contributed by atoms with Crippen LogP contribution in [0.3, 0.4) is 0 Å². The molecule has 0 atom stereocenters. The van der Waals surface area contributed by atoms with Crippen molar-refractivity contribution in [2.75, 3.05) is 4.72 Å².